The molecule has 204 valence electrons. The molecule has 0 amide bonds. The number of hydrogen-bond donors (Lipinski definition) is 2. The fraction of sp³-hybridized carbons (Fsp3) is 0.607. The first-order chi connectivity index (χ1) is 18.6. The Balaban J connectivity index is 1.18. The largest absolute Gasteiger partial charge is 0.395 e. The molecule has 4 heterocycles. The van der Waals surface area contributed by atoms with Crippen LogP contribution in [0.3, 0.4) is 0 Å². The van der Waals surface area contributed by atoms with Gasteiger partial charge in [0.25, 0.3) is 0 Å². The van der Waals surface area contributed by atoms with Crippen molar-refractivity contribution in [3.8, 4) is 0 Å². The predicted octanol–water partition coefficient (Wildman–Crippen LogP) is 4.56. The van der Waals surface area contributed by atoms with Crippen LogP contribution in [0.15, 0.2) is 24.5 Å². The number of rotatable bonds is 9. The highest BCUT2D eigenvalue weighted by Crippen LogP contribution is 2.35. The number of aromatic nitrogens is 4. The summed E-state index contributed by atoms with van der Waals surface area (Å²) in [6.45, 7) is 6.58. The first-order valence-corrected chi connectivity index (χ1v) is 14.4. The number of halogens is 2. The Morgan fingerprint density at radius 3 is 2.42 bits per heavy atom. The lowest BCUT2D eigenvalue weighted by atomic mass is 9.79. The fourth-order valence-corrected chi connectivity index (χ4v) is 6.31. The lowest BCUT2D eigenvalue weighted by Gasteiger charge is -2.40. The molecule has 0 unspecified atom stereocenters. The van der Waals surface area contributed by atoms with Crippen molar-refractivity contribution in [3.05, 3.63) is 40.9 Å². The normalized spacial score (nSPS) is 19.9. The van der Waals surface area contributed by atoms with E-state index in [1.807, 2.05) is 6.33 Å². The van der Waals surface area contributed by atoms with Gasteiger partial charge in [0.15, 0.2) is 17.0 Å². The Bertz CT molecular complexity index is 1250. The lowest BCUT2D eigenvalue weighted by Crippen LogP contribution is -2.42. The van der Waals surface area contributed by atoms with Crippen LogP contribution in [0.4, 0.5) is 16.2 Å². The number of β-amino-alcohol motifs (C(OH)–C–C–N with tert-alkyl or cyclic N) is 1. The van der Waals surface area contributed by atoms with Gasteiger partial charge in [0.1, 0.15) is 5.82 Å². The number of anilines is 2. The van der Waals surface area contributed by atoms with Crippen LogP contribution in [0.5, 0.6) is 0 Å². The third-order valence-electron chi connectivity index (χ3n) is 8.59. The minimum atomic E-state index is -0.417. The Morgan fingerprint density at radius 1 is 1.00 bits per heavy atom. The predicted molar refractivity (Wildman–Crippen MR) is 148 cm³/mol. The molecule has 0 bridgehead atoms. The first-order valence-electron chi connectivity index (χ1n) is 14.1. The average Bonchev–Trinajstić information content (AvgIpc) is 3.67. The van der Waals surface area contributed by atoms with E-state index in [4.69, 9.17) is 21.6 Å². The number of aliphatic hydroxyl groups excluding tert-OH is 1. The minimum absolute atomic E-state index is 0.119. The first kappa shape index (κ1) is 25.8. The molecule has 10 heteroatoms. The standard InChI is InChI=1S/C28H37ClFN7O/c29-23-15-20(3-4-24(23)30)16-31-26-25-27(37(18-32-25)17-19-1-2-19)34-28(33-26)36-11-7-22(8-12-36)21-5-9-35(10-6-21)13-14-38/h3-4,15,18-19,21-22,38H,1-2,5-14,16-17H2,(H,31,33,34). The Labute approximate surface area is 228 Å². The third-order valence-corrected chi connectivity index (χ3v) is 8.88. The van der Waals surface area contributed by atoms with Crippen LogP contribution in [0.1, 0.15) is 44.1 Å². The monoisotopic (exact) mass is 541 g/mol. The van der Waals surface area contributed by atoms with Crippen LogP contribution in [0.25, 0.3) is 11.2 Å². The molecule has 2 N–H and O–H groups in total. The van der Waals surface area contributed by atoms with Crippen molar-refractivity contribution in [1.29, 1.82) is 0 Å². The van der Waals surface area contributed by atoms with Gasteiger partial charge < -0.3 is 24.8 Å². The summed E-state index contributed by atoms with van der Waals surface area (Å²) in [5.41, 5.74) is 2.53. The topological polar surface area (TPSA) is 82.3 Å². The molecule has 0 atom stereocenters. The van der Waals surface area contributed by atoms with Crippen molar-refractivity contribution in [1.82, 2.24) is 24.4 Å². The molecule has 3 aliphatic rings. The molecule has 6 rings (SSSR count). The zero-order valence-electron chi connectivity index (χ0n) is 21.8. The maximum absolute atomic E-state index is 13.6. The molecule has 2 aliphatic heterocycles. The van der Waals surface area contributed by atoms with E-state index in [0.717, 1.165) is 86.6 Å². The second kappa shape index (κ2) is 11.3. The van der Waals surface area contributed by atoms with Crippen molar-refractivity contribution < 1.29 is 9.50 Å². The van der Waals surface area contributed by atoms with E-state index >= 15 is 0 Å². The molecular formula is C28H37ClFN7O. The van der Waals surface area contributed by atoms with Crippen LogP contribution in [-0.2, 0) is 13.1 Å². The van der Waals surface area contributed by atoms with Crippen LogP contribution < -0.4 is 10.2 Å². The number of likely N-dealkylation sites (tertiary alicyclic amines) is 1. The van der Waals surface area contributed by atoms with Crippen molar-refractivity contribution >= 4 is 34.5 Å². The number of fused-ring (bicyclic) bond motifs is 1. The van der Waals surface area contributed by atoms with Gasteiger partial charge in [-0.15, -0.1) is 0 Å². The number of piperidine rings is 2. The van der Waals surface area contributed by atoms with Gasteiger partial charge >= 0.3 is 0 Å². The smallest absolute Gasteiger partial charge is 0.229 e. The quantitative estimate of drug-likeness (QED) is 0.411. The Kier molecular flexibility index (Phi) is 7.68. The molecule has 2 aromatic heterocycles. The molecule has 3 fully saturated rings. The molecule has 1 aromatic carbocycles. The summed E-state index contributed by atoms with van der Waals surface area (Å²) in [5, 5.41) is 12.8. The number of aliphatic hydroxyl groups is 1. The molecule has 0 spiro atoms. The van der Waals surface area contributed by atoms with E-state index in [9.17, 15) is 9.50 Å². The number of nitrogens with one attached hydrogen (secondary N) is 1. The number of nitrogens with zero attached hydrogens (tertiary/aromatic N) is 6. The van der Waals surface area contributed by atoms with E-state index in [2.05, 4.69) is 24.7 Å². The van der Waals surface area contributed by atoms with Crippen molar-refractivity contribution in [2.45, 2.75) is 51.6 Å². The van der Waals surface area contributed by atoms with Gasteiger partial charge in [-0.2, -0.15) is 9.97 Å². The summed E-state index contributed by atoms with van der Waals surface area (Å²) >= 11 is 6.00. The maximum Gasteiger partial charge on any atom is 0.229 e. The summed E-state index contributed by atoms with van der Waals surface area (Å²) in [4.78, 5) is 19.4. The van der Waals surface area contributed by atoms with Crippen LogP contribution in [0.2, 0.25) is 5.02 Å². The van der Waals surface area contributed by atoms with E-state index < -0.39 is 5.82 Å². The second-order valence-corrected chi connectivity index (χ2v) is 11.6. The summed E-state index contributed by atoms with van der Waals surface area (Å²) in [6, 6.07) is 4.78. The van der Waals surface area contributed by atoms with Gasteiger partial charge in [0.2, 0.25) is 5.95 Å². The van der Waals surface area contributed by atoms with Crippen molar-refractivity contribution in [2.75, 3.05) is 49.5 Å². The second-order valence-electron chi connectivity index (χ2n) is 11.2. The van der Waals surface area contributed by atoms with E-state index in [0.29, 0.717) is 18.3 Å². The molecule has 38 heavy (non-hydrogen) atoms. The SMILES string of the molecule is OCCN1CCC(C2CCN(c3nc(NCc4ccc(F)c(Cl)c4)c4ncn(CC5CC5)c4n3)CC2)CC1. The summed E-state index contributed by atoms with van der Waals surface area (Å²) in [5.74, 6) is 3.27. The highest BCUT2D eigenvalue weighted by atomic mass is 35.5. The zero-order chi connectivity index (χ0) is 26.1. The molecule has 8 nitrogen and oxygen atoms in total. The average molecular weight is 542 g/mol. The number of hydrogen-bond acceptors (Lipinski definition) is 7. The fourth-order valence-electron chi connectivity index (χ4n) is 6.11. The van der Waals surface area contributed by atoms with Crippen LogP contribution in [0, 0.1) is 23.6 Å². The summed E-state index contributed by atoms with van der Waals surface area (Å²) < 4.78 is 15.8. The third kappa shape index (κ3) is 5.75. The maximum atomic E-state index is 13.6. The van der Waals surface area contributed by atoms with Crippen molar-refractivity contribution in [3.63, 3.8) is 0 Å². The van der Waals surface area contributed by atoms with Gasteiger partial charge in [0, 0.05) is 32.7 Å². The molecule has 3 aromatic rings. The Morgan fingerprint density at radius 2 is 1.74 bits per heavy atom. The van der Waals surface area contributed by atoms with Gasteiger partial charge in [-0.05, 0) is 87.1 Å². The number of imidazole rings is 1. The van der Waals surface area contributed by atoms with E-state index in [-0.39, 0.29) is 11.6 Å². The minimum Gasteiger partial charge on any atom is -0.395 e. The highest BCUT2D eigenvalue weighted by Gasteiger charge is 2.31. The van der Waals surface area contributed by atoms with Crippen LogP contribution in [-0.4, -0.2) is 68.9 Å². The molecule has 1 aliphatic carbocycles. The van der Waals surface area contributed by atoms with Crippen LogP contribution >= 0.6 is 11.6 Å². The van der Waals surface area contributed by atoms with Gasteiger partial charge in [0.05, 0.1) is 18.0 Å². The molecule has 0 radical (unpaired) electrons. The highest BCUT2D eigenvalue weighted by molar-refractivity contribution is 6.30. The van der Waals surface area contributed by atoms with Crippen molar-refractivity contribution in [2.24, 2.45) is 17.8 Å². The van der Waals surface area contributed by atoms with Gasteiger partial charge in [-0.25, -0.2) is 9.37 Å². The summed E-state index contributed by atoms with van der Waals surface area (Å²) in [7, 11) is 0. The van der Waals surface area contributed by atoms with E-state index in [1.54, 1.807) is 12.1 Å². The van der Waals surface area contributed by atoms with E-state index in [1.165, 1.54) is 31.7 Å². The lowest BCUT2D eigenvalue weighted by molar-refractivity contribution is 0.115. The van der Waals surface area contributed by atoms with Gasteiger partial charge in [-0.1, -0.05) is 17.7 Å². The Hall–Kier alpha value is -2.49. The molecular weight excluding hydrogens is 505 g/mol. The van der Waals surface area contributed by atoms with Gasteiger partial charge in [-0.3, -0.25) is 0 Å². The molecule has 1 saturated carbocycles. The molecule has 2 saturated heterocycles. The zero-order valence-corrected chi connectivity index (χ0v) is 22.6. The number of benzene rings is 1. The summed E-state index contributed by atoms with van der Waals surface area (Å²) in [6.07, 6.45) is 9.19.